The Hall–Kier alpha value is -1.25. The van der Waals surface area contributed by atoms with Crippen molar-refractivity contribution in [1.82, 2.24) is 4.57 Å². The molecule has 112 valence electrons. The molecule has 2 aromatic rings. The van der Waals surface area contributed by atoms with Crippen molar-refractivity contribution in [1.29, 1.82) is 0 Å². The smallest absolute Gasteiger partial charge is 0.0812 e. The van der Waals surface area contributed by atoms with Crippen LogP contribution in [0.5, 0.6) is 0 Å². The number of hydrogen-bond donors (Lipinski definition) is 1. The largest absolute Gasteiger partial charge is 0.388 e. The zero-order chi connectivity index (χ0) is 15.2. The minimum Gasteiger partial charge on any atom is -0.388 e. The third-order valence-corrected chi connectivity index (χ3v) is 4.83. The van der Waals surface area contributed by atoms with E-state index < -0.39 is 0 Å². The summed E-state index contributed by atoms with van der Waals surface area (Å²) in [6.45, 7) is 6.64. The quantitative estimate of drug-likeness (QED) is 0.850. The minimum absolute atomic E-state index is 0.141. The lowest BCUT2D eigenvalue weighted by atomic mass is 9.75. The molecule has 3 rings (SSSR count). The second-order valence-corrected chi connectivity index (χ2v) is 7.35. The molecule has 1 N–H and O–H groups in total. The van der Waals surface area contributed by atoms with E-state index in [1.165, 1.54) is 11.3 Å². The average molecular weight is 304 g/mol. The van der Waals surface area contributed by atoms with Crippen LogP contribution in [0.2, 0.25) is 5.02 Å². The molecule has 1 aliphatic rings. The lowest BCUT2D eigenvalue weighted by Crippen LogP contribution is -2.27. The highest BCUT2D eigenvalue weighted by Gasteiger charge is 2.33. The summed E-state index contributed by atoms with van der Waals surface area (Å²) < 4.78 is 2.29. The number of hydrogen-bond acceptors (Lipinski definition) is 1. The summed E-state index contributed by atoms with van der Waals surface area (Å²) in [5.41, 5.74) is 3.73. The van der Waals surface area contributed by atoms with Crippen LogP contribution in [-0.4, -0.2) is 9.67 Å². The summed E-state index contributed by atoms with van der Waals surface area (Å²) in [5.74, 6) is 0. The molecule has 0 amide bonds. The molecule has 1 aromatic heterocycles. The van der Waals surface area contributed by atoms with Crippen LogP contribution in [0.15, 0.2) is 36.5 Å². The van der Waals surface area contributed by atoms with E-state index >= 15 is 0 Å². The van der Waals surface area contributed by atoms with Crippen molar-refractivity contribution < 1.29 is 5.11 Å². The van der Waals surface area contributed by atoms with E-state index in [1.807, 2.05) is 12.1 Å². The van der Waals surface area contributed by atoms with E-state index in [4.69, 9.17) is 11.6 Å². The van der Waals surface area contributed by atoms with E-state index in [0.717, 1.165) is 23.4 Å². The normalized spacial score (nSPS) is 21.9. The standard InChI is InChI=1S/C18H22ClNO/c1-12(13-4-6-14(19)7-5-13)20-9-8-15-16(20)10-18(2,3)11-17(15)21/h4-9,12,17,21H,10-11H2,1-3H3. The second kappa shape index (κ2) is 5.19. The average Bonchev–Trinajstić information content (AvgIpc) is 2.81. The van der Waals surface area contributed by atoms with Crippen LogP contribution in [0.4, 0.5) is 0 Å². The van der Waals surface area contributed by atoms with Crippen molar-refractivity contribution in [2.45, 2.75) is 45.8 Å². The Balaban J connectivity index is 1.99. The molecular weight excluding hydrogens is 282 g/mol. The molecule has 2 atom stereocenters. The molecule has 0 spiro atoms. The molecular formula is C18H22ClNO. The summed E-state index contributed by atoms with van der Waals surface area (Å²) >= 11 is 5.97. The molecule has 21 heavy (non-hydrogen) atoms. The fraction of sp³-hybridized carbons (Fsp3) is 0.444. The van der Waals surface area contributed by atoms with Crippen LogP contribution in [-0.2, 0) is 6.42 Å². The number of aromatic nitrogens is 1. The van der Waals surface area contributed by atoms with Gasteiger partial charge in [0.15, 0.2) is 0 Å². The molecule has 0 saturated heterocycles. The van der Waals surface area contributed by atoms with Gasteiger partial charge in [0.05, 0.1) is 12.1 Å². The highest BCUT2D eigenvalue weighted by Crippen LogP contribution is 2.42. The molecule has 0 bridgehead atoms. The molecule has 3 heteroatoms. The van der Waals surface area contributed by atoms with Crippen LogP contribution in [0, 0.1) is 5.41 Å². The maximum absolute atomic E-state index is 10.4. The molecule has 0 saturated carbocycles. The van der Waals surface area contributed by atoms with E-state index in [0.29, 0.717) is 0 Å². The van der Waals surface area contributed by atoms with Gasteiger partial charge < -0.3 is 9.67 Å². The molecule has 1 aromatic carbocycles. The van der Waals surface area contributed by atoms with Gasteiger partial charge in [0.1, 0.15) is 0 Å². The summed E-state index contributed by atoms with van der Waals surface area (Å²) in [6, 6.07) is 10.3. The fourth-order valence-corrected chi connectivity index (χ4v) is 3.54. The number of fused-ring (bicyclic) bond motifs is 1. The first-order chi connectivity index (χ1) is 9.87. The number of rotatable bonds is 2. The highest BCUT2D eigenvalue weighted by atomic mass is 35.5. The van der Waals surface area contributed by atoms with Gasteiger partial charge in [-0.05, 0) is 48.9 Å². The molecule has 2 nitrogen and oxygen atoms in total. The minimum atomic E-state index is -0.345. The maximum atomic E-state index is 10.4. The van der Waals surface area contributed by atoms with E-state index in [9.17, 15) is 5.11 Å². The van der Waals surface area contributed by atoms with E-state index in [1.54, 1.807) is 0 Å². The van der Waals surface area contributed by atoms with Crippen LogP contribution < -0.4 is 0 Å². The van der Waals surface area contributed by atoms with Crippen molar-refractivity contribution in [2.24, 2.45) is 5.41 Å². The van der Waals surface area contributed by atoms with Gasteiger partial charge in [0, 0.05) is 22.5 Å². The molecule has 1 aliphatic carbocycles. The Labute approximate surface area is 131 Å². The van der Waals surface area contributed by atoms with Gasteiger partial charge in [-0.3, -0.25) is 0 Å². The first-order valence-corrected chi connectivity index (χ1v) is 7.88. The summed E-state index contributed by atoms with van der Waals surface area (Å²) in [6.07, 6.45) is 3.60. The predicted molar refractivity (Wildman–Crippen MR) is 86.8 cm³/mol. The SMILES string of the molecule is CC(c1ccc(Cl)cc1)n1ccc2c1CC(C)(C)CC2O. The molecule has 1 heterocycles. The Morgan fingerprint density at radius 2 is 1.90 bits per heavy atom. The van der Waals surface area contributed by atoms with Crippen LogP contribution in [0.1, 0.15) is 56.2 Å². The van der Waals surface area contributed by atoms with Crippen molar-refractivity contribution in [3.8, 4) is 0 Å². The van der Waals surface area contributed by atoms with Gasteiger partial charge in [-0.1, -0.05) is 37.6 Å². The number of nitrogens with zero attached hydrogens (tertiary/aromatic N) is 1. The Bertz CT molecular complexity index is 642. The fourth-order valence-electron chi connectivity index (χ4n) is 3.42. The summed E-state index contributed by atoms with van der Waals surface area (Å²) in [4.78, 5) is 0. The Morgan fingerprint density at radius 1 is 1.24 bits per heavy atom. The first kappa shape index (κ1) is 14.7. The van der Waals surface area contributed by atoms with E-state index in [-0.39, 0.29) is 17.6 Å². The predicted octanol–water partition coefficient (Wildman–Crippen LogP) is 4.76. The van der Waals surface area contributed by atoms with Crippen molar-refractivity contribution in [2.75, 3.05) is 0 Å². The van der Waals surface area contributed by atoms with Gasteiger partial charge in [-0.25, -0.2) is 0 Å². The topological polar surface area (TPSA) is 25.2 Å². The van der Waals surface area contributed by atoms with Gasteiger partial charge in [0.2, 0.25) is 0 Å². The van der Waals surface area contributed by atoms with Gasteiger partial charge in [-0.15, -0.1) is 0 Å². The van der Waals surface area contributed by atoms with Crippen LogP contribution >= 0.6 is 11.6 Å². The molecule has 0 aliphatic heterocycles. The lowest BCUT2D eigenvalue weighted by molar-refractivity contribution is 0.0978. The number of halogens is 1. The van der Waals surface area contributed by atoms with E-state index in [2.05, 4.69) is 49.7 Å². The number of aliphatic hydroxyl groups is 1. The molecule has 0 radical (unpaired) electrons. The van der Waals surface area contributed by atoms with Crippen molar-refractivity contribution in [3.63, 3.8) is 0 Å². The first-order valence-electron chi connectivity index (χ1n) is 7.50. The lowest BCUT2D eigenvalue weighted by Gasteiger charge is -2.34. The summed E-state index contributed by atoms with van der Waals surface area (Å²) in [7, 11) is 0. The summed E-state index contributed by atoms with van der Waals surface area (Å²) in [5, 5.41) is 11.1. The molecule has 0 fully saturated rings. The van der Waals surface area contributed by atoms with Crippen molar-refractivity contribution >= 4 is 11.6 Å². The number of benzene rings is 1. The molecule has 2 unspecified atom stereocenters. The zero-order valence-electron chi connectivity index (χ0n) is 12.8. The van der Waals surface area contributed by atoms with Crippen molar-refractivity contribution in [3.05, 3.63) is 58.4 Å². The monoisotopic (exact) mass is 303 g/mol. The third-order valence-electron chi connectivity index (χ3n) is 4.58. The Morgan fingerprint density at radius 3 is 2.57 bits per heavy atom. The third kappa shape index (κ3) is 2.75. The highest BCUT2D eigenvalue weighted by molar-refractivity contribution is 6.30. The Kier molecular flexibility index (Phi) is 3.62. The maximum Gasteiger partial charge on any atom is 0.0812 e. The second-order valence-electron chi connectivity index (χ2n) is 6.91. The van der Waals surface area contributed by atoms with Crippen LogP contribution in [0.25, 0.3) is 0 Å². The zero-order valence-corrected chi connectivity index (χ0v) is 13.6. The van der Waals surface area contributed by atoms with Crippen LogP contribution in [0.3, 0.4) is 0 Å². The van der Waals surface area contributed by atoms with Gasteiger partial charge in [0.25, 0.3) is 0 Å². The van der Waals surface area contributed by atoms with Gasteiger partial charge in [-0.2, -0.15) is 0 Å². The number of aliphatic hydroxyl groups excluding tert-OH is 1. The van der Waals surface area contributed by atoms with Gasteiger partial charge >= 0.3 is 0 Å².